The molecule has 0 aromatic heterocycles. The van der Waals surface area contributed by atoms with E-state index >= 15 is 0 Å². The normalized spacial score (nSPS) is 18.2. The number of ether oxygens (including phenoxy) is 1. The van der Waals surface area contributed by atoms with Gasteiger partial charge < -0.3 is 14.7 Å². The van der Waals surface area contributed by atoms with Gasteiger partial charge in [0.05, 0.1) is 5.56 Å². The molecule has 1 aromatic carbocycles. The summed E-state index contributed by atoms with van der Waals surface area (Å²) in [4.78, 5) is 25.4. The second-order valence-electron chi connectivity index (χ2n) is 6.80. The summed E-state index contributed by atoms with van der Waals surface area (Å²) >= 11 is 0. The molecule has 2 heterocycles. The van der Waals surface area contributed by atoms with E-state index in [0.717, 1.165) is 63.0 Å². The highest BCUT2D eigenvalue weighted by atomic mass is 16.5. The van der Waals surface area contributed by atoms with Crippen LogP contribution in [0.1, 0.15) is 53.6 Å². The molecule has 5 heteroatoms. The number of benzene rings is 1. The zero-order valence-corrected chi connectivity index (χ0v) is 14.0. The fourth-order valence-electron chi connectivity index (χ4n) is 3.64. The largest absolute Gasteiger partial charge is 0.478 e. The maximum atomic E-state index is 12.5. The lowest BCUT2D eigenvalue weighted by molar-refractivity contribution is -0.132. The fraction of sp³-hybridized carbons (Fsp3) is 0.579. The average molecular weight is 331 g/mol. The predicted octanol–water partition coefficient (Wildman–Crippen LogP) is 2.87. The van der Waals surface area contributed by atoms with Crippen molar-refractivity contribution >= 4 is 11.9 Å². The predicted molar refractivity (Wildman–Crippen MR) is 89.9 cm³/mol. The highest BCUT2D eigenvalue weighted by molar-refractivity contribution is 5.88. The van der Waals surface area contributed by atoms with Crippen LogP contribution in [0.15, 0.2) is 18.2 Å². The molecule has 5 nitrogen and oxygen atoms in total. The first kappa shape index (κ1) is 17.0. The molecular weight excluding hydrogens is 306 g/mol. The summed E-state index contributed by atoms with van der Waals surface area (Å²) in [6.45, 7) is 2.98. The molecule has 0 atom stereocenters. The van der Waals surface area contributed by atoms with Gasteiger partial charge in [0.25, 0.3) is 0 Å². The highest BCUT2D eigenvalue weighted by Crippen LogP contribution is 2.23. The van der Waals surface area contributed by atoms with E-state index < -0.39 is 5.97 Å². The van der Waals surface area contributed by atoms with Crippen LogP contribution in [0.5, 0.6) is 0 Å². The quantitative estimate of drug-likeness (QED) is 0.901. The lowest BCUT2D eigenvalue weighted by Crippen LogP contribution is -2.36. The van der Waals surface area contributed by atoms with Crippen molar-refractivity contribution in [2.75, 3.05) is 19.8 Å². The molecule has 0 unspecified atom stereocenters. The number of carbonyl (C=O) groups is 2. The summed E-state index contributed by atoms with van der Waals surface area (Å²) in [6.07, 6.45) is 5.66. The second kappa shape index (κ2) is 7.79. The van der Waals surface area contributed by atoms with Crippen molar-refractivity contribution in [3.05, 3.63) is 34.9 Å². The van der Waals surface area contributed by atoms with E-state index in [1.807, 2.05) is 11.0 Å². The molecule has 24 heavy (non-hydrogen) atoms. The molecule has 1 fully saturated rings. The molecule has 1 amide bonds. The second-order valence-corrected chi connectivity index (χ2v) is 6.80. The van der Waals surface area contributed by atoms with E-state index in [0.29, 0.717) is 24.4 Å². The van der Waals surface area contributed by atoms with Crippen molar-refractivity contribution in [2.24, 2.45) is 5.92 Å². The van der Waals surface area contributed by atoms with Crippen molar-refractivity contribution in [3.63, 3.8) is 0 Å². The molecule has 1 aromatic rings. The Labute approximate surface area is 142 Å². The van der Waals surface area contributed by atoms with Crippen LogP contribution in [0, 0.1) is 5.92 Å². The molecule has 0 saturated carbocycles. The first-order valence-electron chi connectivity index (χ1n) is 8.84. The first-order valence-corrected chi connectivity index (χ1v) is 8.84. The van der Waals surface area contributed by atoms with Crippen LogP contribution >= 0.6 is 0 Å². The summed E-state index contributed by atoms with van der Waals surface area (Å²) in [5.74, 6) is -0.0297. The molecule has 0 radical (unpaired) electrons. The number of hydrogen-bond donors (Lipinski definition) is 1. The number of carbonyl (C=O) groups excluding carboxylic acids is 1. The molecule has 1 N–H and O–H groups in total. The summed E-state index contributed by atoms with van der Waals surface area (Å²) in [5, 5.41) is 9.11. The molecule has 0 bridgehead atoms. The Kier molecular flexibility index (Phi) is 5.51. The molecule has 130 valence electrons. The zero-order chi connectivity index (χ0) is 16.9. The Morgan fingerprint density at radius 3 is 2.75 bits per heavy atom. The number of carboxylic acid groups (broad SMARTS) is 1. The van der Waals surface area contributed by atoms with E-state index in [1.54, 1.807) is 12.1 Å². The minimum absolute atomic E-state index is 0.188. The van der Waals surface area contributed by atoms with Gasteiger partial charge >= 0.3 is 5.97 Å². The van der Waals surface area contributed by atoms with Crippen LogP contribution < -0.4 is 0 Å². The smallest absolute Gasteiger partial charge is 0.335 e. The lowest BCUT2D eigenvalue weighted by atomic mass is 9.93. The number of nitrogens with zero attached hydrogens (tertiary/aromatic N) is 1. The van der Waals surface area contributed by atoms with Gasteiger partial charge in [0.15, 0.2) is 0 Å². The van der Waals surface area contributed by atoms with Crippen LogP contribution in [-0.4, -0.2) is 41.6 Å². The number of hydrogen-bond acceptors (Lipinski definition) is 3. The molecule has 2 aliphatic heterocycles. The molecule has 3 rings (SSSR count). The van der Waals surface area contributed by atoms with Gasteiger partial charge in [-0.2, -0.15) is 0 Å². The third-order valence-electron chi connectivity index (χ3n) is 5.16. The Morgan fingerprint density at radius 1 is 1.21 bits per heavy atom. The monoisotopic (exact) mass is 331 g/mol. The zero-order valence-electron chi connectivity index (χ0n) is 14.0. The number of rotatable bonds is 5. The Hall–Kier alpha value is -1.88. The summed E-state index contributed by atoms with van der Waals surface area (Å²) in [6, 6.07) is 5.23. The number of carboxylic acids is 1. The van der Waals surface area contributed by atoms with Gasteiger partial charge in [-0.05, 0) is 61.3 Å². The van der Waals surface area contributed by atoms with Gasteiger partial charge in [0.2, 0.25) is 5.91 Å². The van der Waals surface area contributed by atoms with Crippen LogP contribution in [0.4, 0.5) is 0 Å². The Bertz CT molecular complexity index is 607. The minimum atomic E-state index is -0.919. The van der Waals surface area contributed by atoms with Gasteiger partial charge in [0.1, 0.15) is 0 Å². The van der Waals surface area contributed by atoms with Gasteiger partial charge in [-0.25, -0.2) is 4.79 Å². The van der Waals surface area contributed by atoms with Gasteiger partial charge in [-0.1, -0.05) is 6.07 Å². The van der Waals surface area contributed by atoms with Crippen molar-refractivity contribution in [3.8, 4) is 0 Å². The minimum Gasteiger partial charge on any atom is -0.478 e. The van der Waals surface area contributed by atoms with E-state index in [2.05, 4.69) is 0 Å². The topological polar surface area (TPSA) is 66.8 Å². The van der Waals surface area contributed by atoms with E-state index in [9.17, 15) is 9.59 Å². The van der Waals surface area contributed by atoms with Crippen molar-refractivity contribution in [1.82, 2.24) is 4.90 Å². The SMILES string of the molecule is O=C(O)c1ccc2c(c1)CN(C(=O)CCCC1CCOCC1)CC2. The Morgan fingerprint density at radius 2 is 2.00 bits per heavy atom. The fourth-order valence-corrected chi connectivity index (χ4v) is 3.64. The van der Waals surface area contributed by atoms with Gasteiger partial charge in [0, 0.05) is 32.7 Å². The van der Waals surface area contributed by atoms with E-state index in [1.165, 1.54) is 0 Å². The molecule has 0 spiro atoms. The third-order valence-corrected chi connectivity index (χ3v) is 5.16. The average Bonchev–Trinajstić information content (AvgIpc) is 2.61. The molecule has 0 aliphatic carbocycles. The van der Waals surface area contributed by atoms with Gasteiger partial charge in [-0.15, -0.1) is 0 Å². The van der Waals surface area contributed by atoms with Crippen LogP contribution in [0.2, 0.25) is 0 Å². The van der Waals surface area contributed by atoms with Crippen molar-refractivity contribution in [2.45, 2.75) is 45.1 Å². The van der Waals surface area contributed by atoms with Crippen LogP contribution in [-0.2, 0) is 22.5 Å². The summed E-state index contributed by atoms with van der Waals surface area (Å²) < 4.78 is 5.37. The standard InChI is InChI=1S/C19H25NO4/c21-18(3-1-2-14-7-10-24-11-8-14)20-9-6-15-4-5-16(19(22)23)12-17(15)13-20/h4-5,12,14H,1-3,6-11,13H2,(H,22,23). The van der Waals surface area contributed by atoms with Crippen LogP contribution in [0.25, 0.3) is 0 Å². The van der Waals surface area contributed by atoms with Crippen molar-refractivity contribution < 1.29 is 19.4 Å². The summed E-state index contributed by atoms with van der Waals surface area (Å²) in [5.41, 5.74) is 2.42. The maximum Gasteiger partial charge on any atom is 0.335 e. The molecule has 1 saturated heterocycles. The highest BCUT2D eigenvalue weighted by Gasteiger charge is 2.22. The maximum absolute atomic E-state index is 12.5. The van der Waals surface area contributed by atoms with E-state index in [-0.39, 0.29) is 5.91 Å². The van der Waals surface area contributed by atoms with Gasteiger partial charge in [-0.3, -0.25) is 4.79 Å². The number of fused-ring (bicyclic) bond motifs is 1. The summed E-state index contributed by atoms with van der Waals surface area (Å²) in [7, 11) is 0. The number of amides is 1. The molecular formula is C19H25NO4. The van der Waals surface area contributed by atoms with E-state index in [4.69, 9.17) is 9.84 Å². The first-order chi connectivity index (χ1) is 11.6. The third kappa shape index (κ3) is 4.15. The van der Waals surface area contributed by atoms with Crippen molar-refractivity contribution in [1.29, 1.82) is 0 Å². The lowest BCUT2D eigenvalue weighted by Gasteiger charge is -2.29. The molecule has 2 aliphatic rings. The van der Waals surface area contributed by atoms with Crippen LogP contribution in [0.3, 0.4) is 0 Å². The number of aromatic carboxylic acids is 1. The Balaban J connectivity index is 1.51.